The molecule has 0 aromatic heterocycles. The molecule has 0 fully saturated rings. The zero-order valence-corrected chi connectivity index (χ0v) is 25.9. The molecule has 4 nitrogen and oxygen atoms in total. The Bertz CT molecular complexity index is 729. The Morgan fingerprint density at radius 2 is 1.12 bits per heavy atom. The Balaban J connectivity index is 4.14. The molecule has 0 aromatic carbocycles. The lowest BCUT2D eigenvalue weighted by atomic mass is 10.1. The molecule has 0 aliphatic heterocycles. The SMILES string of the molecule is CC/C=C\C/C=C\C/C=C\C(CCCCCCC(=O)O)OC(=O)CCCCCCC/C=C\C/C=C\CCCCC. The van der Waals surface area contributed by atoms with Crippen molar-refractivity contribution in [3.8, 4) is 0 Å². The van der Waals surface area contributed by atoms with Crippen LogP contribution in [0, 0.1) is 0 Å². The number of aliphatic carboxylic acids is 1. The second-order valence-corrected chi connectivity index (χ2v) is 10.6. The van der Waals surface area contributed by atoms with Gasteiger partial charge in [0, 0.05) is 12.8 Å². The third kappa shape index (κ3) is 30.2. The summed E-state index contributed by atoms with van der Waals surface area (Å²) in [6, 6.07) is 0. The number of allylic oxidation sites excluding steroid dienone is 9. The van der Waals surface area contributed by atoms with E-state index in [0.29, 0.717) is 12.8 Å². The molecule has 228 valence electrons. The van der Waals surface area contributed by atoms with Gasteiger partial charge in [-0.15, -0.1) is 0 Å². The first kappa shape index (κ1) is 37.6. The number of ether oxygens (including phenoxy) is 1. The highest BCUT2D eigenvalue weighted by Gasteiger charge is 2.11. The van der Waals surface area contributed by atoms with Gasteiger partial charge in [-0.3, -0.25) is 9.59 Å². The fourth-order valence-corrected chi connectivity index (χ4v) is 4.32. The van der Waals surface area contributed by atoms with Crippen LogP contribution in [0.25, 0.3) is 0 Å². The fourth-order valence-electron chi connectivity index (χ4n) is 4.32. The molecule has 0 aliphatic carbocycles. The second-order valence-electron chi connectivity index (χ2n) is 10.6. The van der Waals surface area contributed by atoms with E-state index >= 15 is 0 Å². The summed E-state index contributed by atoms with van der Waals surface area (Å²) >= 11 is 0. The van der Waals surface area contributed by atoms with Crippen molar-refractivity contribution in [3.05, 3.63) is 60.8 Å². The van der Waals surface area contributed by atoms with Crippen molar-refractivity contribution >= 4 is 11.9 Å². The maximum absolute atomic E-state index is 12.5. The van der Waals surface area contributed by atoms with E-state index in [4.69, 9.17) is 9.84 Å². The molecule has 1 atom stereocenters. The van der Waals surface area contributed by atoms with Gasteiger partial charge < -0.3 is 9.84 Å². The van der Waals surface area contributed by atoms with Gasteiger partial charge in [-0.1, -0.05) is 113 Å². The highest BCUT2D eigenvalue weighted by Crippen LogP contribution is 2.14. The number of hydrogen-bond acceptors (Lipinski definition) is 3. The molecule has 0 saturated heterocycles. The van der Waals surface area contributed by atoms with Gasteiger partial charge in [0.2, 0.25) is 0 Å². The summed E-state index contributed by atoms with van der Waals surface area (Å²) in [6.45, 7) is 4.37. The molecule has 0 rings (SSSR count). The number of esters is 1. The average Bonchev–Trinajstić information content (AvgIpc) is 2.93. The molecule has 4 heteroatoms. The van der Waals surface area contributed by atoms with Gasteiger partial charge in [-0.05, 0) is 83.1 Å². The third-order valence-electron chi connectivity index (χ3n) is 6.71. The first-order valence-electron chi connectivity index (χ1n) is 16.3. The smallest absolute Gasteiger partial charge is 0.306 e. The lowest BCUT2D eigenvalue weighted by molar-refractivity contribution is -0.147. The van der Waals surface area contributed by atoms with Crippen molar-refractivity contribution in [2.24, 2.45) is 0 Å². The number of unbranched alkanes of at least 4 members (excludes halogenated alkanes) is 11. The standard InChI is InChI=1S/C36H60O4/c1-3-5-7-9-11-13-14-15-16-17-18-19-21-23-29-33-36(39)40-34(31-27-24-25-28-32-35(37)38)30-26-22-20-12-10-8-6-4-2/h6,8,11-13,15-16,20,26,30,34H,3-5,7,9-10,14,17-19,21-25,27-29,31-33H2,1-2H3,(H,37,38)/b8-6-,13-11-,16-15-,20-12-,30-26-. The van der Waals surface area contributed by atoms with Gasteiger partial charge in [-0.2, -0.15) is 0 Å². The van der Waals surface area contributed by atoms with E-state index in [2.05, 4.69) is 68.5 Å². The van der Waals surface area contributed by atoms with Crippen molar-refractivity contribution in [2.45, 2.75) is 155 Å². The number of carbonyl (C=O) groups excluding carboxylic acids is 1. The molecule has 0 aliphatic rings. The van der Waals surface area contributed by atoms with Crippen LogP contribution in [0.3, 0.4) is 0 Å². The summed E-state index contributed by atoms with van der Waals surface area (Å²) in [4.78, 5) is 23.2. The highest BCUT2D eigenvalue weighted by molar-refractivity contribution is 5.69. The van der Waals surface area contributed by atoms with Crippen LogP contribution in [0.15, 0.2) is 60.8 Å². The Kier molecular flexibility index (Phi) is 29.3. The first-order valence-corrected chi connectivity index (χ1v) is 16.3. The van der Waals surface area contributed by atoms with E-state index in [1.165, 1.54) is 38.5 Å². The molecule has 0 saturated carbocycles. The Hall–Kier alpha value is -2.36. The van der Waals surface area contributed by atoms with Crippen molar-refractivity contribution < 1.29 is 19.4 Å². The largest absolute Gasteiger partial charge is 0.481 e. The minimum Gasteiger partial charge on any atom is -0.481 e. The number of carbonyl (C=O) groups is 2. The zero-order valence-electron chi connectivity index (χ0n) is 25.9. The predicted octanol–water partition coefficient (Wildman–Crippen LogP) is 11.0. The molecule has 0 bridgehead atoms. The summed E-state index contributed by atoms with van der Waals surface area (Å²) in [6.07, 6.45) is 42.4. The predicted molar refractivity (Wildman–Crippen MR) is 172 cm³/mol. The molecule has 0 amide bonds. The Morgan fingerprint density at radius 1 is 0.600 bits per heavy atom. The molecule has 0 spiro atoms. The number of carboxylic acids is 1. The molecule has 0 radical (unpaired) electrons. The molecular formula is C36H60O4. The van der Waals surface area contributed by atoms with E-state index < -0.39 is 5.97 Å². The van der Waals surface area contributed by atoms with Gasteiger partial charge in [-0.25, -0.2) is 0 Å². The van der Waals surface area contributed by atoms with Gasteiger partial charge in [0.05, 0.1) is 0 Å². The lowest BCUT2D eigenvalue weighted by Gasteiger charge is -2.14. The van der Waals surface area contributed by atoms with Crippen molar-refractivity contribution in [2.75, 3.05) is 0 Å². The van der Waals surface area contributed by atoms with Crippen molar-refractivity contribution in [1.29, 1.82) is 0 Å². The normalized spacial score (nSPS) is 13.1. The number of hydrogen-bond donors (Lipinski definition) is 1. The van der Waals surface area contributed by atoms with E-state index in [0.717, 1.165) is 77.0 Å². The van der Waals surface area contributed by atoms with Crippen LogP contribution in [-0.2, 0) is 14.3 Å². The highest BCUT2D eigenvalue weighted by atomic mass is 16.5. The van der Waals surface area contributed by atoms with Crippen LogP contribution in [0.2, 0.25) is 0 Å². The van der Waals surface area contributed by atoms with Crippen LogP contribution in [0.5, 0.6) is 0 Å². The van der Waals surface area contributed by atoms with Crippen molar-refractivity contribution in [1.82, 2.24) is 0 Å². The van der Waals surface area contributed by atoms with Gasteiger partial charge in [0.1, 0.15) is 6.10 Å². The zero-order chi connectivity index (χ0) is 29.4. The van der Waals surface area contributed by atoms with Crippen LogP contribution in [0.4, 0.5) is 0 Å². The Morgan fingerprint density at radius 3 is 1.77 bits per heavy atom. The topological polar surface area (TPSA) is 63.6 Å². The summed E-state index contributed by atoms with van der Waals surface area (Å²) in [5.74, 6) is -0.840. The second kappa shape index (κ2) is 31.2. The van der Waals surface area contributed by atoms with Gasteiger partial charge >= 0.3 is 11.9 Å². The average molecular weight is 557 g/mol. The molecule has 1 N–H and O–H groups in total. The van der Waals surface area contributed by atoms with Crippen LogP contribution in [0.1, 0.15) is 149 Å². The molecule has 0 heterocycles. The minimum atomic E-state index is -0.735. The fraction of sp³-hybridized carbons (Fsp3) is 0.667. The molecule has 1 unspecified atom stereocenters. The summed E-state index contributed by atoms with van der Waals surface area (Å²) < 4.78 is 5.80. The third-order valence-corrected chi connectivity index (χ3v) is 6.71. The number of rotatable bonds is 28. The maximum atomic E-state index is 12.5. The van der Waals surface area contributed by atoms with Crippen LogP contribution >= 0.6 is 0 Å². The Labute approximate surface area is 246 Å². The van der Waals surface area contributed by atoms with Gasteiger partial charge in [0.25, 0.3) is 0 Å². The van der Waals surface area contributed by atoms with Crippen LogP contribution in [-0.4, -0.2) is 23.1 Å². The van der Waals surface area contributed by atoms with E-state index in [1.807, 2.05) is 6.08 Å². The minimum absolute atomic E-state index is 0.105. The first-order chi connectivity index (χ1) is 19.6. The summed E-state index contributed by atoms with van der Waals surface area (Å²) in [7, 11) is 0. The molecule has 40 heavy (non-hydrogen) atoms. The monoisotopic (exact) mass is 556 g/mol. The molecular weight excluding hydrogens is 496 g/mol. The summed E-state index contributed by atoms with van der Waals surface area (Å²) in [5.41, 5.74) is 0. The maximum Gasteiger partial charge on any atom is 0.306 e. The van der Waals surface area contributed by atoms with E-state index in [1.54, 1.807) is 0 Å². The lowest BCUT2D eigenvalue weighted by Crippen LogP contribution is -2.16. The van der Waals surface area contributed by atoms with Crippen molar-refractivity contribution in [3.63, 3.8) is 0 Å². The van der Waals surface area contributed by atoms with Crippen LogP contribution < -0.4 is 0 Å². The van der Waals surface area contributed by atoms with E-state index in [9.17, 15) is 9.59 Å². The molecule has 0 aromatic rings. The quantitative estimate of drug-likeness (QED) is 0.0591. The summed E-state index contributed by atoms with van der Waals surface area (Å²) in [5, 5.41) is 8.78. The van der Waals surface area contributed by atoms with Gasteiger partial charge in [0.15, 0.2) is 0 Å². The van der Waals surface area contributed by atoms with E-state index in [-0.39, 0.29) is 18.5 Å². The number of carboxylic acid groups (broad SMARTS) is 1.